The van der Waals surface area contributed by atoms with Gasteiger partial charge in [-0.05, 0) is 167 Å². The van der Waals surface area contributed by atoms with Gasteiger partial charge in [0.1, 0.15) is 5.75 Å². The number of aromatic hydroxyl groups is 1. The number of hydrogen-bond acceptors (Lipinski definition) is 5. The minimum absolute atomic E-state index is 0.315. The van der Waals surface area contributed by atoms with Crippen molar-refractivity contribution in [3.63, 3.8) is 0 Å². The highest BCUT2D eigenvalue weighted by Crippen LogP contribution is 2.30. The predicted molar refractivity (Wildman–Crippen MR) is 227 cm³/mol. The van der Waals surface area contributed by atoms with E-state index in [0.717, 1.165) is 21.2 Å². The number of rotatable bonds is 2. The van der Waals surface area contributed by atoms with Gasteiger partial charge >= 0.3 is 7.12 Å². The Balaban J connectivity index is 0.000000339. The lowest BCUT2D eigenvalue weighted by Crippen LogP contribution is -2.32. The van der Waals surface area contributed by atoms with Crippen molar-refractivity contribution < 1.29 is 15.2 Å². The number of aryl methyl sites for hydroxylation is 7. The molecule has 5 aromatic carbocycles. The van der Waals surface area contributed by atoms with Crippen molar-refractivity contribution in [2.24, 2.45) is 10.2 Å². The first-order valence-corrected chi connectivity index (χ1v) is 18.4. The van der Waals surface area contributed by atoms with Crippen molar-refractivity contribution >= 4 is 44.4 Å². The molecule has 0 saturated heterocycles. The van der Waals surface area contributed by atoms with Gasteiger partial charge in [0.2, 0.25) is 0 Å². The molecule has 0 fully saturated rings. The molecular formula is C43H55BBr2N2O3. The van der Waals surface area contributed by atoms with Gasteiger partial charge < -0.3 is 15.2 Å². The number of hydrogen-bond donors (Lipinski definition) is 3. The summed E-state index contributed by atoms with van der Waals surface area (Å²) in [7, 11) is 1.92. The fraction of sp³-hybridized carbons (Fsp3) is 0.302. The second-order valence-corrected chi connectivity index (χ2v) is 14.4. The monoisotopic (exact) mass is 816 g/mol. The van der Waals surface area contributed by atoms with Crippen LogP contribution in [0.5, 0.6) is 5.75 Å². The van der Waals surface area contributed by atoms with Gasteiger partial charge in [-0.25, -0.2) is 0 Å². The molecule has 0 bridgehead atoms. The molecule has 0 radical (unpaired) electrons. The molecule has 0 unspecified atom stereocenters. The Morgan fingerprint density at radius 1 is 0.451 bits per heavy atom. The zero-order valence-electron chi connectivity index (χ0n) is 32.6. The number of nitrogens with zero attached hydrogens (tertiary/aromatic N) is 2. The molecule has 0 amide bonds. The first-order chi connectivity index (χ1) is 23.9. The quantitative estimate of drug-likeness (QED) is 0.123. The van der Waals surface area contributed by atoms with Crippen molar-refractivity contribution in [1.29, 1.82) is 0 Å². The normalized spacial score (nSPS) is 10.1. The van der Waals surface area contributed by atoms with Crippen molar-refractivity contribution in [2.45, 2.75) is 76.2 Å². The van der Waals surface area contributed by atoms with Gasteiger partial charge in [0.15, 0.2) is 0 Å². The van der Waals surface area contributed by atoms with Gasteiger partial charge in [0.25, 0.3) is 0 Å². The summed E-state index contributed by atoms with van der Waals surface area (Å²) in [5.41, 5.74) is 17.1. The lowest BCUT2D eigenvalue weighted by molar-refractivity contribution is 0.425. The van der Waals surface area contributed by atoms with Crippen LogP contribution in [0.1, 0.15) is 61.2 Å². The Morgan fingerprint density at radius 3 is 1.31 bits per heavy atom. The summed E-state index contributed by atoms with van der Waals surface area (Å²) in [4.78, 5) is 0. The fourth-order valence-corrected chi connectivity index (χ4v) is 5.54. The van der Waals surface area contributed by atoms with Gasteiger partial charge in [-0.3, -0.25) is 0 Å². The summed E-state index contributed by atoms with van der Waals surface area (Å²) < 4.78 is 2.22. The number of benzene rings is 5. The third-order valence-electron chi connectivity index (χ3n) is 8.76. The van der Waals surface area contributed by atoms with Crippen LogP contribution in [0.4, 0.5) is 0 Å². The molecule has 272 valence electrons. The first kappa shape index (κ1) is 45.5. The summed E-state index contributed by atoms with van der Waals surface area (Å²) in [6.45, 7) is 23.0. The summed E-state index contributed by atoms with van der Waals surface area (Å²) >= 11 is 6.75. The predicted octanol–water partition coefficient (Wildman–Crippen LogP) is 11.4. The maximum Gasteiger partial charge on any atom is 0.488 e. The maximum absolute atomic E-state index is 8.98. The molecule has 51 heavy (non-hydrogen) atoms. The highest BCUT2D eigenvalue weighted by molar-refractivity contribution is 9.10. The smallest absolute Gasteiger partial charge is 0.488 e. The van der Waals surface area contributed by atoms with Crippen LogP contribution in [0.25, 0.3) is 11.1 Å². The average Bonchev–Trinajstić information content (AvgIpc) is 3.07. The van der Waals surface area contributed by atoms with Crippen molar-refractivity contribution in [2.75, 3.05) is 14.1 Å². The summed E-state index contributed by atoms with van der Waals surface area (Å²) in [5, 5.41) is 33.6. The molecule has 5 aromatic rings. The Bertz CT molecular complexity index is 1850. The van der Waals surface area contributed by atoms with Gasteiger partial charge in [-0.2, -0.15) is 10.2 Å². The molecule has 3 N–H and O–H groups in total. The van der Waals surface area contributed by atoms with Crippen LogP contribution in [0, 0.1) is 76.2 Å². The van der Waals surface area contributed by atoms with E-state index in [0.29, 0.717) is 11.2 Å². The summed E-state index contributed by atoms with van der Waals surface area (Å²) in [6.07, 6.45) is 0. The first-order valence-electron chi connectivity index (χ1n) is 16.8. The van der Waals surface area contributed by atoms with E-state index >= 15 is 0 Å². The maximum atomic E-state index is 8.98. The Labute approximate surface area is 324 Å². The van der Waals surface area contributed by atoms with E-state index in [1.807, 2.05) is 39.8 Å². The molecule has 0 aliphatic carbocycles. The van der Waals surface area contributed by atoms with Gasteiger partial charge in [-0.1, -0.05) is 97.6 Å². The van der Waals surface area contributed by atoms with Crippen LogP contribution < -0.4 is 5.46 Å². The SMILES string of the molecule is CN=NC.Cc1cc(O)ccc1Br.Cc1ccc(-c2ccc(C)c(C)c2C)c(C)c1.Cc1ccc(B(O)O)c(C)c1C.Cc1ccc(Br)c(C)c1. The molecule has 0 aliphatic heterocycles. The van der Waals surface area contributed by atoms with E-state index in [1.165, 1.54) is 60.1 Å². The van der Waals surface area contributed by atoms with Crippen LogP contribution in [0.3, 0.4) is 0 Å². The van der Waals surface area contributed by atoms with Crippen molar-refractivity contribution in [3.05, 3.63) is 149 Å². The zero-order valence-corrected chi connectivity index (χ0v) is 35.7. The zero-order chi connectivity index (χ0) is 39.0. The molecule has 8 heteroatoms. The fourth-order valence-electron chi connectivity index (χ4n) is 5.04. The van der Waals surface area contributed by atoms with Crippen molar-refractivity contribution in [3.8, 4) is 16.9 Å². The largest absolute Gasteiger partial charge is 0.508 e. The van der Waals surface area contributed by atoms with E-state index < -0.39 is 7.12 Å². The second kappa shape index (κ2) is 22.4. The highest BCUT2D eigenvalue weighted by Gasteiger charge is 2.15. The molecule has 0 aromatic heterocycles. The molecule has 5 nitrogen and oxygen atoms in total. The molecule has 0 atom stereocenters. The third kappa shape index (κ3) is 14.9. The Kier molecular flexibility index (Phi) is 20.0. The lowest BCUT2D eigenvalue weighted by atomic mass is 9.75. The van der Waals surface area contributed by atoms with Crippen LogP contribution in [-0.4, -0.2) is 36.4 Å². The molecule has 0 heterocycles. The van der Waals surface area contributed by atoms with Crippen LogP contribution in [0.2, 0.25) is 0 Å². The molecule has 0 aliphatic rings. The van der Waals surface area contributed by atoms with E-state index in [9.17, 15) is 0 Å². The standard InChI is InChI=1S/C17H20.C9H13BO2.C8H9Br.C7H7BrO.C2H6N2/c1-11-6-8-16(13(3)10-11)17-9-7-12(2)14(4)15(17)5;1-6-4-5-9(10(11)12)8(3)7(6)2;1-6-3-4-8(9)7(2)5-6;1-5-4-6(9)2-3-7(5)8;1-3-4-2/h6-10H,1-5H3;4-5,11-12H,1-3H3;3-5H,1-2H3;2-4,9H,1H3;1-2H3. The highest BCUT2D eigenvalue weighted by atomic mass is 79.9. The number of azo groups is 1. The lowest BCUT2D eigenvalue weighted by Gasteiger charge is -2.14. The second-order valence-electron chi connectivity index (χ2n) is 12.7. The van der Waals surface area contributed by atoms with Gasteiger partial charge in [-0.15, -0.1) is 0 Å². The van der Waals surface area contributed by atoms with Crippen LogP contribution in [0.15, 0.2) is 98.0 Å². The Hall–Kier alpha value is -3.56. The van der Waals surface area contributed by atoms with Crippen LogP contribution in [-0.2, 0) is 0 Å². The average molecular weight is 819 g/mol. The van der Waals surface area contributed by atoms with Crippen LogP contribution >= 0.6 is 31.9 Å². The van der Waals surface area contributed by atoms with Gasteiger partial charge in [0.05, 0.1) is 0 Å². The van der Waals surface area contributed by atoms with E-state index in [2.05, 4.69) is 139 Å². The number of halogens is 2. The molecule has 0 saturated carbocycles. The number of phenolic OH excluding ortho intramolecular Hbond substituents is 1. The topological polar surface area (TPSA) is 85.4 Å². The van der Waals surface area contributed by atoms with E-state index in [-0.39, 0.29) is 0 Å². The molecular weight excluding hydrogens is 763 g/mol. The number of phenols is 1. The summed E-state index contributed by atoms with van der Waals surface area (Å²) in [6, 6.07) is 26.3. The summed E-state index contributed by atoms with van der Waals surface area (Å²) in [5.74, 6) is 0.315. The van der Waals surface area contributed by atoms with E-state index in [4.69, 9.17) is 15.2 Å². The minimum atomic E-state index is -1.36. The molecule has 5 rings (SSSR count). The van der Waals surface area contributed by atoms with Crippen molar-refractivity contribution in [1.82, 2.24) is 0 Å². The van der Waals surface area contributed by atoms with Gasteiger partial charge in [0, 0.05) is 23.0 Å². The van der Waals surface area contributed by atoms with E-state index in [1.54, 1.807) is 32.3 Å². The third-order valence-corrected chi connectivity index (χ3v) is 10.5. The Morgan fingerprint density at radius 2 is 0.882 bits per heavy atom. The minimum Gasteiger partial charge on any atom is -0.508 e. The molecule has 0 spiro atoms.